The molecule has 1 aromatic carbocycles. The Morgan fingerprint density at radius 2 is 1.80 bits per heavy atom. The van der Waals surface area contributed by atoms with Crippen LogP contribution in [0.25, 0.3) is 0 Å². The van der Waals surface area contributed by atoms with Crippen LogP contribution in [0.5, 0.6) is 0 Å². The number of hydrogen-bond donors (Lipinski definition) is 0. The summed E-state index contributed by atoms with van der Waals surface area (Å²) in [6.07, 6.45) is -2.38. The van der Waals surface area contributed by atoms with Crippen molar-refractivity contribution in [2.45, 2.75) is 49.4 Å². The van der Waals surface area contributed by atoms with Crippen molar-refractivity contribution in [3.8, 4) is 0 Å². The normalized spacial score (nSPS) is 27.1. The van der Waals surface area contributed by atoms with E-state index in [1.807, 2.05) is 6.92 Å². The van der Waals surface area contributed by atoms with Gasteiger partial charge < -0.3 is 13.8 Å². The van der Waals surface area contributed by atoms with Crippen LogP contribution < -0.4 is 0 Å². The second-order valence-corrected chi connectivity index (χ2v) is 9.21. The largest absolute Gasteiger partial charge is 0.465 e. The van der Waals surface area contributed by atoms with E-state index < -0.39 is 41.1 Å². The van der Waals surface area contributed by atoms with E-state index in [9.17, 15) is 13.6 Å². The fourth-order valence-corrected chi connectivity index (χ4v) is 6.66. The molecule has 8 heteroatoms. The fourth-order valence-electron chi connectivity index (χ4n) is 2.50. The first-order chi connectivity index (χ1) is 12.6. The Morgan fingerprint density at radius 1 is 1.24 bits per heavy atom. The van der Waals surface area contributed by atoms with E-state index in [2.05, 4.69) is 0 Å². The third-order valence-electron chi connectivity index (χ3n) is 3.73. The quantitative estimate of drug-likeness (QED) is 0.475. The van der Waals surface area contributed by atoms with Crippen LogP contribution in [0.15, 0.2) is 29.2 Å². The van der Waals surface area contributed by atoms with Crippen molar-refractivity contribution in [1.29, 1.82) is 0 Å². The average Bonchev–Trinajstić information content (AvgIpc) is 3.14. The lowest BCUT2D eigenvalue weighted by molar-refractivity contribution is -0.144. The maximum Gasteiger partial charge on any atom is 0.349 e. The number of carbonyl (C=O) groups is 1. The van der Waals surface area contributed by atoms with E-state index in [0.29, 0.717) is 4.90 Å². The molecule has 1 aliphatic carbocycles. The summed E-state index contributed by atoms with van der Waals surface area (Å²) in [5.41, 5.74) is 0.945. The zero-order valence-electron chi connectivity index (χ0n) is 16.8. The average molecular weight is 390 g/mol. The Morgan fingerprint density at radius 3 is 2.28 bits per heavy atom. The monoisotopic (exact) mass is 390 g/mol. The lowest BCUT2D eigenvalue weighted by Gasteiger charge is -2.25. The van der Waals surface area contributed by atoms with Crippen LogP contribution in [0.1, 0.15) is 35.4 Å². The van der Waals surface area contributed by atoms with Gasteiger partial charge >= 0.3 is 13.6 Å². The van der Waals surface area contributed by atoms with E-state index in [4.69, 9.17) is 16.5 Å². The molecule has 25 heavy (non-hydrogen) atoms. The molecule has 0 amide bonds. The van der Waals surface area contributed by atoms with Crippen LogP contribution in [-0.4, -0.2) is 40.4 Å². The van der Waals surface area contributed by atoms with Crippen molar-refractivity contribution >= 4 is 24.4 Å². The van der Waals surface area contributed by atoms with Crippen LogP contribution in [0.2, 0.25) is 0 Å². The first kappa shape index (κ1) is 17.4. The number of rotatable bonds is 9. The predicted molar refractivity (Wildman–Crippen MR) is 96.2 cm³/mol. The first-order valence-corrected chi connectivity index (χ1v) is 10.9. The van der Waals surface area contributed by atoms with Gasteiger partial charge in [-0.2, -0.15) is 0 Å². The summed E-state index contributed by atoms with van der Waals surface area (Å²) in [7, 11) is -6.26. The summed E-state index contributed by atoms with van der Waals surface area (Å²) in [4.78, 5) is 13.1. The molecule has 140 valence electrons. The lowest BCUT2D eigenvalue weighted by Crippen LogP contribution is -2.32. The van der Waals surface area contributed by atoms with E-state index in [1.165, 1.54) is 0 Å². The highest BCUT2D eigenvalue weighted by Crippen LogP contribution is 2.73. The van der Waals surface area contributed by atoms with Crippen molar-refractivity contribution in [3.63, 3.8) is 0 Å². The second-order valence-electron chi connectivity index (χ2n) is 5.45. The molecule has 0 N–H and O–H groups in total. The van der Waals surface area contributed by atoms with E-state index in [-0.39, 0.29) is 19.8 Å². The van der Waals surface area contributed by atoms with E-state index in [0.717, 1.165) is 5.56 Å². The molecule has 0 radical (unpaired) electrons. The molecule has 0 heterocycles. The summed E-state index contributed by atoms with van der Waals surface area (Å²) < 4.78 is 59.1. The standard InChI is InChI=1S/C17H25O6PS/c1-5-21-16(18)17(24(19,22-6-2)23-7-3)12-15(17)25(20)14-10-8-13(4)9-11-14/h8-11,15H,5-7,12H2,1-4H3/t15-,17-,25?/m1/s1/i12D2. The van der Waals surface area contributed by atoms with Crippen LogP contribution in [0.4, 0.5) is 0 Å². The summed E-state index contributed by atoms with van der Waals surface area (Å²) in [5, 5.41) is -3.67. The molecule has 1 aliphatic rings. The number of hydrogen-bond acceptors (Lipinski definition) is 6. The van der Waals surface area contributed by atoms with Gasteiger partial charge in [0.25, 0.3) is 0 Å². The minimum Gasteiger partial charge on any atom is -0.465 e. The van der Waals surface area contributed by atoms with Crippen molar-refractivity contribution in [1.82, 2.24) is 0 Å². The van der Waals surface area contributed by atoms with Crippen molar-refractivity contribution in [3.05, 3.63) is 29.8 Å². The summed E-state index contributed by atoms with van der Waals surface area (Å²) >= 11 is 0. The minimum atomic E-state index is -4.30. The maximum atomic E-state index is 13.5. The molecular weight excluding hydrogens is 363 g/mol. The van der Waals surface area contributed by atoms with Gasteiger partial charge in [0.1, 0.15) is 0 Å². The first-order valence-electron chi connectivity index (χ1n) is 9.17. The summed E-state index contributed by atoms with van der Waals surface area (Å²) in [5.74, 6) is -1.05. The van der Waals surface area contributed by atoms with Gasteiger partial charge in [0.15, 0.2) is 5.16 Å². The van der Waals surface area contributed by atoms with Crippen molar-refractivity contribution in [2.75, 3.05) is 19.8 Å². The molecule has 0 aliphatic heterocycles. The molecule has 2 rings (SSSR count). The number of ether oxygens (including phenoxy) is 1. The van der Waals surface area contributed by atoms with Gasteiger partial charge in [0.2, 0.25) is 0 Å². The van der Waals surface area contributed by atoms with Gasteiger partial charge in [0.05, 0.1) is 35.9 Å². The molecule has 0 saturated heterocycles. The zero-order valence-corrected chi connectivity index (χ0v) is 16.5. The third kappa shape index (κ3) is 3.75. The molecule has 0 aromatic heterocycles. The summed E-state index contributed by atoms with van der Waals surface area (Å²) in [6, 6.07) is 6.67. The van der Waals surface area contributed by atoms with Crippen molar-refractivity contribution in [2.24, 2.45) is 0 Å². The molecular formula is C17H25O6PS. The summed E-state index contributed by atoms with van der Waals surface area (Å²) in [6.45, 7) is 6.39. The van der Waals surface area contributed by atoms with E-state index in [1.54, 1.807) is 45.0 Å². The fraction of sp³-hybridized carbons (Fsp3) is 0.588. The SMILES string of the molecule is [2H]C1([2H])[C@@H](S(=O)c2ccc(C)cc2)[C@]1(C(=O)OCC)P(=O)(OCC)OCC. The van der Waals surface area contributed by atoms with Crippen molar-refractivity contribution < 1.29 is 30.1 Å². The van der Waals surface area contributed by atoms with Gasteiger partial charge in [0, 0.05) is 7.64 Å². The Labute approximate surface area is 154 Å². The Kier molecular flexibility index (Phi) is 5.66. The Balaban J connectivity index is 2.59. The Bertz CT molecular complexity index is 759. The smallest absolute Gasteiger partial charge is 0.349 e. The lowest BCUT2D eigenvalue weighted by atomic mass is 10.2. The predicted octanol–water partition coefficient (Wildman–Crippen LogP) is 3.44. The van der Waals surface area contributed by atoms with Crippen LogP contribution in [0, 0.1) is 6.92 Å². The molecule has 1 fully saturated rings. The molecule has 6 nitrogen and oxygen atoms in total. The van der Waals surface area contributed by atoms with Crippen LogP contribution >= 0.6 is 7.60 Å². The highest BCUT2D eigenvalue weighted by Gasteiger charge is 2.76. The van der Waals surface area contributed by atoms with Gasteiger partial charge in [-0.25, -0.2) is 0 Å². The highest BCUT2D eigenvalue weighted by atomic mass is 32.2. The van der Waals surface area contributed by atoms with Gasteiger partial charge in [-0.15, -0.1) is 0 Å². The number of aryl methyl sites for hydroxylation is 1. The van der Waals surface area contributed by atoms with Gasteiger partial charge in [-0.05, 0) is 46.2 Å². The Hall–Kier alpha value is -1.01. The zero-order chi connectivity index (χ0) is 20.5. The topological polar surface area (TPSA) is 78.9 Å². The molecule has 1 aromatic rings. The van der Waals surface area contributed by atoms with Crippen LogP contribution in [-0.2, 0) is 33.9 Å². The number of esters is 1. The van der Waals surface area contributed by atoms with Gasteiger partial charge in [-0.1, -0.05) is 17.7 Å². The minimum absolute atomic E-state index is 0.0429. The second kappa shape index (κ2) is 8.12. The third-order valence-corrected chi connectivity index (χ3v) is 8.17. The number of benzene rings is 1. The van der Waals surface area contributed by atoms with Crippen LogP contribution in [0.3, 0.4) is 0 Å². The van der Waals surface area contributed by atoms with E-state index >= 15 is 0 Å². The molecule has 0 spiro atoms. The molecule has 0 bridgehead atoms. The maximum absolute atomic E-state index is 13.5. The van der Waals surface area contributed by atoms with Gasteiger partial charge in [-0.3, -0.25) is 13.6 Å². The number of carbonyl (C=O) groups excluding carboxylic acids is 1. The molecule has 1 saturated carbocycles. The highest BCUT2D eigenvalue weighted by molar-refractivity contribution is 7.87. The molecule has 3 atom stereocenters. The molecule has 1 unspecified atom stereocenters.